The second-order valence-electron chi connectivity index (χ2n) is 5.95. The summed E-state index contributed by atoms with van der Waals surface area (Å²) in [6.07, 6.45) is 2.25. The molecule has 1 fully saturated rings. The topological polar surface area (TPSA) is 30.5 Å². The molecular formula is C19H23NO2. The van der Waals surface area contributed by atoms with E-state index in [2.05, 4.69) is 36.5 Å². The molecule has 0 bridgehead atoms. The minimum atomic E-state index is -0.127. The predicted molar refractivity (Wildman–Crippen MR) is 88.6 cm³/mol. The molecule has 1 saturated heterocycles. The monoisotopic (exact) mass is 297 g/mol. The summed E-state index contributed by atoms with van der Waals surface area (Å²) in [4.78, 5) is 0. The van der Waals surface area contributed by atoms with E-state index in [0.29, 0.717) is 6.04 Å². The molecule has 2 aromatic rings. The van der Waals surface area contributed by atoms with Crippen LogP contribution in [0.3, 0.4) is 0 Å². The molecule has 116 valence electrons. The summed E-state index contributed by atoms with van der Waals surface area (Å²) >= 11 is 0. The number of methoxy groups -OCH3 is 2. The Labute approximate surface area is 132 Å². The Morgan fingerprint density at radius 3 is 1.64 bits per heavy atom. The highest BCUT2D eigenvalue weighted by molar-refractivity contribution is 5.43. The van der Waals surface area contributed by atoms with E-state index in [1.807, 2.05) is 24.3 Å². The van der Waals surface area contributed by atoms with Crippen LogP contribution in [0.5, 0.6) is 11.5 Å². The van der Waals surface area contributed by atoms with Gasteiger partial charge in [0.15, 0.2) is 0 Å². The van der Waals surface area contributed by atoms with E-state index in [0.717, 1.165) is 24.3 Å². The minimum Gasteiger partial charge on any atom is -0.497 e. The molecule has 22 heavy (non-hydrogen) atoms. The molecule has 0 aromatic heterocycles. The van der Waals surface area contributed by atoms with Crippen LogP contribution in [0.4, 0.5) is 0 Å². The first-order valence-corrected chi connectivity index (χ1v) is 7.75. The number of nitrogens with one attached hydrogen (secondary N) is 1. The Morgan fingerprint density at radius 1 is 0.864 bits per heavy atom. The van der Waals surface area contributed by atoms with Crippen molar-refractivity contribution in [3.63, 3.8) is 0 Å². The molecular weight excluding hydrogens is 274 g/mol. The Kier molecular flexibility index (Phi) is 4.08. The molecule has 0 saturated carbocycles. The molecule has 0 radical (unpaired) electrons. The van der Waals surface area contributed by atoms with Crippen molar-refractivity contribution in [1.82, 2.24) is 5.32 Å². The predicted octanol–water partition coefficient (Wildman–Crippen LogP) is 3.72. The zero-order valence-electron chi connectivity index (χ0n) is 13.4. The van der Waals surface area contributed by atoms with Gasteiger partial charge in [0.25, 0.3) is 0 Å². The van der Waals surface area contributed by atoms with Crippen LogP contribution in [0.2, 0.25) is 0 Å². The summed E-state index contributed by atoms with van der Waals surface area (Å²) in [5.41, 5.74) is 2.43. The smallest absolute Gasteiger partial charge is 0.118 e. The highest BCUT2D eigenvalue weighted by Gasteiger charge is 2.39. The number of rotatable bonds is 4. The first-order valence-electron chi connectivity index (χ1n) is 7.75. The quantitative estimate of drug-likeness (QED) is 0.933. The lowest BCUT2D eigenvalue weighted by molar-refractivity contribution is 0.410. The molecule has 2 aromatic carbocycles. The van der Waals surface area contributed by atoms with Crippen molar-refractivity contribution in [2.24, 2.45) is 0 Å². The number of hydrogen-bond acceptors (Lipinski definition) is 3. The van der Waals surface area contributed by atoms with E-state index in [4.69, 9.17) is 9.47 Å². The van der Waals surface area contributed by atoms with E-state index in [9.17, 15) is 0 Å². The number of ether oxygens (including phenoxy) is 2. The van der Waals surface area contributed by atoms with Gasteiger partial charge in [0, 0.05) is 6.04 Å². The Balaban J connectivity index is 2.03. The minimum absolute atomic E-state index is 0.127. The van der Waals surface area contributed by atoms with Gasteiger partial charge in [-0.15, -0.1) is 0 Å². The largest absolute Gasteiger partial charge is 0.497 e. The fourth-order valence-electron chi connectivity index (χ4n) is 3.37. The third kappa shape index (κ3) is 2.57. The van der Waals surface area contributed by atoms with Crippen LogP contribution >= 0.6 is 0 Å². The molecule has 0 amide bonds. The maximum Gasteiger partial charge on any atom is 0.118 e. The van der Waals surface area contributed by atoms with Gasteiger partial charge in [-0.2, -0.15) is 0 Å². The van der Waals surface area contributed by atoms with Crippen molar-refractivity contribution in [2.45, 2.75) is 31.3 Å². The van der Waals surface area contributed by atoms with Crippen molar-refractivity contribution < 1.29 is 9.47 Å². The van der Waals surface area contributed by atoms with Crippen LogP contribution < -0.4 is 14.8 Å². The molecule has 1 heterocycles. The van der Waals surface area contributed by atoms with E-state index in [-0.39, 0.29) is 5.54 Å². The average molecular weight is 297 g/mol. The van der Waals surface area contributed by atoms with E-state index in [1.54, 1.807) is 14.2 Å². The van der Waals surface area contributed by atoms with Gasteiger partial charge in [0.1, 0.15) is 11.5 Å². The highest BCUT2D eigenvalue weighted by atomic mass is 16.5. The van der Waals surface area contributed by atoms with E-state index >= 15 is 0 Å². The summed E-state index contributed by atoms with van der Waals surface area (Å²) in [6, 6.07) is 17.3. The van der Waals surface area contributed by atoms with Crippen molar-refractivity contribution in [2.75, 3.05) is 14.2 Å². The van der Waals surface area contributed by atoms with Gasteiger partial charge in [-0.3, -0.25) is 0 Å². The van der Waals surface area contributed by atoms with Gasteiger partial charge in [-0.25, -0.2) is 0 Å². The molecule has 3 rings (SSSR count). The summed E-state index contributed by atoms with van der Waals surface area (Å²) in [5.74, 6) is 1.78. The molecule has 1 aliphatic heterocycles. The Morgan fingerprint density at radius 2 is 1.32 bits per heavy atom. The van der Waals surface area contributed by atoms with Gasteiger partial charge < -0.3 is 14.8 Å². The van der Waals surface area contributed by atoms with Crippen LogP contribution in [0.25, 0.3) is 0 Å². The van der Waals surface area contributed by atoms with Crippen LogP contribution in [0.15, 0.2) is 48.5 Å². The van der Waals surface area contributed by atoms with Crippen molar-refractivity contribution >= 4 is 0 Å². The van der Waals surface area contributed by atoms with Gasteiger partial charge in [0.2, 0.25) is 0 Å². The summed E-state index contributed by atoms with van der Waals surface area (Å²) in [7, 11) is 3.40. The van der Waals surface area contributed by atoms with Crippen molar-refractivity contribution in [1.29, 1.82) is 0 Å². The van der Waals surface area contributed by atoms with Gasteiger partial charge in [0.05, 0.1) is 19.8 Å². The fraction of sp³-hybridized carbons (Fsp3) is 0.368. The molecule has 3 nitrogen and oxygen atoms in total. The SMILES string of the molecule is COc1ccc(C2(c3ccc(OC)cc3)CCC(C)N2)cc1. The van der Waals surface area contributed by atoms with Crippen molar-refractivity contribution in [3.05, 3.63) is 59.7 Å². The lowest BCUT2D eigenvalue weighted by Gasteiger charge is -2.32. The summed E-state index contributed by atoms with van der Waals surface area (Å²) in [5, 5.41) is 3.79. The molecule has 1 atom stereocenters. The van der Waals surface area contributed by atoms with Gasteiger partial charge in [-0.05, 0) is 55.2 Å². The molecule has 1 aliphatic rings. The number of benzene rings is 2. The van der Waals surface area contributed by atoms with Crippen molar-refractivity contribution in [3.8, 4) is 11.5 Å². The summed E-state index contributed by atoms with van der Waals surface area (Å²) < 4.78 is 10.6. The average Bonchev–Trinajstić information content (AvgIpc) is 2.98. The van der Waals surface area contributed by atoms with Gasteiger partial charge >= 0.3 is 0 Å². The zero-order chi connectivity index (χ0) is 15.6. The van der Waals surface area contributed by atoms with Crippen LogP contribution in [0, 0.1) is 0 Å². The maximum absolute atomic E-state index is 5.28. The van der Waals surface area contributed by atoms with Crippen LogP contribution in [-0.4, -0.2) is 20.3 Å². The third-order valence-electron chi connectivity index (χ3n) is 4.61. The highest BCUT2D eigenvalue weighted by Crippen LogP contribution is 2.40. The van der Waals surface area contributed by atoms with Crippen LogP contribution in [0.1, 0.15) is 30.9 Å². The lowest BCUT2D eigenvalue weighted by Crippen LogP contribution is -2.40. The molecule has 3 heteroatoms. The summed E-state index contributed by atoms with van der Waals surface area (Å²) in [6.45, 7) is 2.24. The maximum atomic E-state index is 5.28. The number of hydrogen-bond donors (Lipinski definition) is 1. The zero-order valence-corrected chi connectivity index (χ0v) is 13.4. The molecule has 1 N–H and O–H groups in total. The molecule has 1 unspecified atom stereocenters. The standard InChI is InChI=1S/C19H23NO2/c1-14-12-13-19(20-14,15-4-8-17(21-2)9-5-15)16-6-10-18(22-3)11-7-16/h4-11,14,20H,12-13H2,1-3H3. The Hall–Kier alpha value is -2.00. The third-order valence-corrected chi connectivity index (χ3v) is 4.61. The Bertz CT molecular complexity index is 571. The second kappa shape index (κ2) is 6.01. The molecule has 0 aliphatic carbocycles. The fourth-order valence-corrected chi connectivity index (χ4v) is 3.37. The first-order chi connectivity index (χ1) is 10.7. The van der Waals surface area contributed by atoms with Crippen LogP contribution in [-0.2, 0) is 5.54 Å². The first kappa shape index (κ1) is 14.9. The molecule has 0 spiro atoms. The second-order valence-corrected chi connectivity index (χ2v) is 5.95. The van der Waals surface area contributed by atoms with Gasteiger partial charge in [-0.1, -0.05) is 24.3 Å². The van der Waals surface area contributed by atoms with E-state index in [1.165, 1.54) is 11.1 Å². The van der Waals surface area contributed by atoms with E-state index < -0.39 is 0 Å². The lowest BCUT2D eigenvalue weighted by atomic mass is 9.81. The normalized spacial score (nSPS) is 19.9.